The van der Waals surface area contributed by atoms with Crippen molar-refractivity contribution in [3.05, 3.63) is 35.6 Å². The van der Waals surface area contributed by atoms with Gasteiger partial charge in [0.25, 0.3) is 0 Å². The van der Waals surface area contributed by atoms with Crippen LogP contribution in [0.4, 0.5) is 9.18 Å². The Balaban J connectivity index is 2.19. The minimum Gasteiger partial charge on any atom is -0.481 e. The van der Waals surface area contributed by atoms with E-state index in [1.54, 1.807) is 32.9 Å². The Morgan fingerprint density at radius 2 is 1.87 bits per heavy atom. The van der Waals surface area contributed by atoms with Crippen LogP contribution in [0.3, 0.4) is 0 Å². The van der Waals surface area contributed by atoms with Crippen molar-refractivity contribution in [1.29, 1.82) is 0 Å². The summed E-state index contributed by atoms with van der Waals surface area (Å²) in [5.41, 5.74) is 0.110. The molecule has 0 radical (unpaired) electrons. The number of aliphatic carboxylic acids is 1. The number of benzene rings is 1. The van der Waals surface area contributed by atoms with Gasteiger partial charge in [-0.3, -0.25) is 4.79 Å². The Morgan fingerprint density at radius 1 is 1.26 bits per heavy atom. The third-order valence-electron chi connectivity index (χ3n) is 3.88. The Labute approximate surface area is 135 Å². The molecule has 6 heteroatoms. The maximum atomic E-state index is 13.1. The molecule has 126 valence electrons. The molecule has 0 aromatic heterocycles. The first-order valence-electron chi connectivity index (χ1n) is 7.63. The smallest absolute Gasteiger partial charge is 0.410 e. The molecule has 1 aliphatic rings. The van der Waals surface area contributed by atoms with Crippen molar-refractivity contribution < 1.29 is 23.8 Å². The van der Waals surface area contributed by atoms with Crippen LogP contribution in [0, 0.1) is 11.7 Å². The summed E-state index contributed by atoms with van der Waals surface area (Å²) in [6.07, 6.45) is -0.107. The summed E-state index contributed by atoms with van der Waals surface area (Å²) in [6, 6.07) is 5.77. The second kappa shape index (κ2) is 6.56. The van der Waals surface area contributed by atoms with Gasteiger partial charge < -0.3 is 14.7 Å². The van der Waals surface area contributed by atoms with Crippen molar-refractivity contribution in [3.8, 4) is 0 Å². The minimum atomic E-state index is -0.900. The first kappa shape index (κ1) is 17.2. The summed E-state index contributed by atoms with van der Waals surface area (Å²) >= 11 is 0. The van der Waals surface area contributed by atoms with Crippen molar-refractivity contribution >= 4 is 12.1 Å². The molecular weight excluding hydrogens is 301 g/mol. The molecular formula is C17H22FNO4. The van der Waals surface area contributed by atoms with Crippen LogP contribution < -0.4 is 0 Å². The average Bonchev–Trinajstić information content (AvgIpc) is 2.45. The normalized spacial score (nSPS) is 21.8. The van der Waals surface area contributed by atoms with Gasteiger partial charge in [0.1, 0.15) is 11.4 Å². The number of likely N-dealkylation sites (tertiary alicyclic amines) is 1. The number of carbonyl (C=O) groups is 2. The second-order valence-corrected chi connectivity index (χ2v) is 6.82. The van der Waals surface area contributed by atoms with Gasteiger partial charge in [-0.25, -0.2) is 9.18 Å². The van der Waals surface area contributed by atoms with Crippen LogP contribution in [0.1, 0.15) is 38.7 Å². The highest BCUT2D eigenvalue weighted by Crippen LogP contribution is 2.33. The number of amides is 1. The van der Waals surface area contributed by atoms with Crippen molar-refractivity contribution in [2.45, 2.75) is 38.7 Å². The Bertz CT molecular complexity index is 579. The summed E-state index contributed by atoms with van der Waals surface area (Å²) < 4.78 is 18.5. The van der Waals surface area contributed by atoms with E-state index in [1.807, 2.05) is 0 Å². The van der Waals surface area contributed by atoms with E-state index in [2.05, 4.69) is 0 Å². The highest BCUT2D eigenvalue weighted by Gasteiger charge is 2.37. The molecule has 1 amide bonds. The highest BCUT2D eigenvalue weighted by atomic mass is 19.1. The van der Waals surface area contributed by atoms with Crippen LogP contribution in [-0.2, 0) is 9.53 Å². The molecule has 23 heavy (non-hydrogen) atoms. The summed E-state index contributed by atoms with van der Waals surface area (Å²) in [5, 5.41) is 9.43. The Kier molecular flexibility index (Phi) is 4.92. The first-order chi connectivity index (χ1) is 10.7. The lowest BCUT2D eigenvalue weighted by Gasteiger charge is -2.37. The zero-order valence-corrected chi connectivity index (χ0v) is 13.6. The molecule has 1 aliphatic heterocycles. The third kappa shape index (κ3) is 4.43. The van der Waals surface area contributed by atoms with Gasteiger partial charge in [-0.05, 0) is 44.9 Å². The molecule has 1 fully saturated rings. The van der Waals surface area contributed by atoms with Crippen molar-refractivity contribution in [2.75, 3.05) is 13.1 Å². The number of ether oxygens (including phenoxy) is 1. The molecule has 1 saturated heterocycles. The van der Waals surface area contributed by atoms with E-state index in [0.717, 1.165) is 0 Å². The lowest BCUT2D eigenvalue weighted by molar-refractivity contribution is -0.144. The molecule has 1 aromatic carbocycles. The summed E-state index contributed by atoms with van der Waals surface area (Å²) in [7, 11) is 0. The summed E-state index contributed by atoms with van der Waals surface area (Å²) in [5.74, 6) is -2.25. The fourth-order valence-electron chi connectivity index (χ4n) is 2.79. The first-order valence-corrected chi connectivity index (χ1v) is 7.63. The maximum absolute atomic E-state index is 13.1. The lowest BCUT2D eigenvalue weighted by Crippen LogP contribution is -2.46. The van der Waals surface area contributed by atoms with Crippen molar-refractivity contribution in [3.63, 3.8) is 0 Å². The number of nitrogens with zero attached hydrogens (tertiary/aromatic N) is 1. The number of carbonyl (C=O) groups excluding carboxylic acids is 1. The predicted octanol–water partition coefficient (Wildman–Crippen LogP) is 3.25. The van der Waals surface area contributed by atoms with E-state index >= 15 is 0 Å². The quantitative estimate of drug-likeness (QED) is 0.907. The lowest BCUT2D eigenvalue weighted by atomic mass is 9.81. The molecule has 0 aliphatic carbocycles. The van der Waals surface area contributed by atoms with Gasteiger partial charge in [0, 0.05) is 19.0 Å². The van der Waals surface area contributed by atoms with Gasteiger partial charge in [-0.15, -0.1) is 0 Å². The van der Waals surface area contributed by atoms with Gasteiger partial charge in [0.05, 0.1) is 5.92 Å². The van der Waals surface area contributed by atoms with Crippen molar-refractivity contribution in [2.24, 2.45) is 5.92 Å². The molecule has 1 heterocycles. The predicted molar refractivity (Wildman–Crippen MR) is 82.7 cm³/mol. The monoisotopic (exact) mass is 323 g/mol. The van der Waals surface area contributed by atoms with Crippen LogP contribution in [-0.4, -0.2) is 40.8 Å². The van der Waals surface area contributed by atoms with E-state index in [-0.39, 0.29) is 18.3 Å². The summed E-state index contributed by atoms with van der Waals surface area (Å²) in [6.45, 7) is 5.94. The number of hydrogen-bond donors (Lipinski definition) is 1. The minimum absolute atomic E-state index is 0.248. The molecule has 0 spiro atoms. The van der Waals surface area contributed by atoms with E-state index in [0.29, 0.717) is 18.5 Å². The van der Waals surface area contributed by atoms with Crippen molar-refractivity contribution in [1.82, 2.24) is 4.90 Å². The number of carboxylic acids is 1. The molecule has 2 atom stereocenters. The van der Waals surface area contributed by atoms with Crippen LogP contribution in [0.5, 0.6) is 0 Å². The van der Waals surface area contributed by atoms with Gasteiger partial charge in [0.15, 0.2) is 0 Å². The van der Waals surface area contributed by atoms with E-state index in [4.69, 9.17) is 4.74 Å². The number of carboxylic acid groups (broad SMARTS) is 1. The van der Waals surface area contributed by atoms with Gasteiger partial charge in [-0.1, -0.05) is 12.1 Å². The fourth-order valence-corrected chi connectivity index (χ4v) is 2.79. The number of hydrogen-bond acceptors (Lipinski definition) is 3. The maximum Gasteiger partial charge on any atom is 0.410 e. The average molecular weight is 323 g/mol. The molecule has 0 bridgehead atoms. The van der Waals surface area contributed by atoms with E-state index in [1.165, 1.54) is 17.0 Å². The molecule has 1 aromatic rings. The SMILES string of the molecule is CC(C)(C)OC(=O)N1CCC(C(=O)O)C(c2ccc(F)cc2)C1. The standard InChI is InChI=1S/C17H22FNO4/c1-17(2,3)23-16(22)19-9-8-13(15(20)21)14(10-19)11-4-6-12(18)7-5-11/h4-7,13-14H,8-10H2,1-3H3,(H,20,21). The van der Waals surface area contributed by atoms with Crippen LogP contribution in [0.15, 0.2) is 24.3 Å². The van der Waals surface area contributed by atoms with Gasteiger partial charge >= 0.3 is 12.1 Å². The second-order valence-electron chi connectivity index (χ2n) is 6.82. The van der Waals surface area contributed by atoms with E-state index < -0.39 is 23.6 Å². The molecule has 2 rings (SSSR count). The van der Waals surface area contributed by atoms with Crippen LogP contribution in [0.2, 0.25) is 0 Å². The Hall–Kier alpha value is -2.11. The number of rotatable bonds is 2. The summed E-state index contributed by atoms with van der Waals surface area (Å²) in [4.78, 5) is 25.2. The Morgan fingerprint density at radius 3 is 2.39 bits per heavy atom. The van der Waals surface area contributed by atoms with Crippen LogP contribution in [0.25, 0.3) is 0 Å². The molecule has 2 unspecified atom stereocenters. The fraction of sp³-hybridized carbons (Fsp3) is 0.529. The topological polar surface area (TPSA) is 66.8 Å². The zero-order valence-electron chi connectivity index (χ0n) is 13.6. The van der Waals surface area contributed by atoms with Gasteiger partial charge in [0.2, 0.25) is 0 Å². The number of piperidine rings is 1. The zero-order chi connectivity index (χ0) is 17.2. The third-order valence-corrected chi connectivity index (χ3v) is 3.88. The molecule has 0 saturated carbocycles. The number of halogens is 1. The molecule has 1 N–H and O–H groups in total. The highest BCUT2D eigenvalue weighted by molar-refractivity contribution is 5.73. The van der Waals surface area contributed by atoms with E-state index in [9.17, 15) is 19.1 Å². The molecule has 5 nitrogen and oxygen atoms in total. The largest absolute Gasteiger partial charge is 0.481 e. The van der Waals surface area contributed by atoms with Gasteiger partial charge in [-0.2, -0.15) is 0 Å². The van der Waals surface area contributed by atoms with Crippen LogP contribution >= 0.6 is 0 Å².